The molecular weight excluding hydrogens is 415 g/mol. The number of anilines is 2. The van der Waals surface area contributed by atoms with Crippen LogP contribution in [0.4, 0.5) is 15.2 Å². The van der Waals surface area contributed by atoms with Gasteiger partial charge in [-0.2, -0.15) is 0 Å². The first kappa shape index (κ1) is 19.1. The van der Waals surface area contributed by atoms with Crippen molar-refractivity contribution in [3.63, 3.8) is 0 Å². The topological polar surface area (TPSA) is 93.1 Å². The molecule has 10 heteroatoms. The minimum absolute atomic E-state index is 0.0470. The number of nitrogens with zero attached hydrogens (tertiary/aromatic N) is 2. The SMILES string of the molecule is Cn1c(C(=O)Nc2ccc(S(=O)(=O)Nc3nccs3)cc2)cc2cc(F)ccc21. The molecule has 0 aliphatic carbocycles. The van der Waals surface area contributed by atoms with Gasteiger partial charge in [-0.3, -0.25) is 9.52 Å². The zero-order chi connectivity index (χ0) is 20.6. The highest BCUT2D eigenvalue weighted by Crippen LogP contribution is 2.22. The average Bonchev–Trinajstić information content (AvgIpc) is 3.29. The number of sulfonamides is 1. The normalized spacial score (nSPS) is 11.5. The fourth-order valence-electron chi connectivity index (χ4n) is 2.90. The lowest BCUT2D eigenvalue weighted by atomic mass is 10.2. The van der Waals surface area contributed by atoms with Crippen LogP contribution in [0.5, 0.6) is 0 Å². The van der Waals surface area contributed by atoms with Gasteiger partial charge in [0.15, 0.2) is 5.13 Å². The number of fused-ring (bicyclic) bond motifs is 1. The summed E-state index contributed by atoms with van der Waals surface area (Å²) in [6.45, 7) is 0. The Kier molecular flexibility index (Phi) is 4.81. The van der Waals surface area contributed by atoms with Crippen LogP contribution in [0.1, 0.15) is 10.5 Å². The van der Waals surface area contributed by atoms with Crippen LogP contribution in [0.15, 0.2) is 65.0 Å². The van der Waals surface area contributed by atoms with E-state index in [1.54, 1.807) is 29.1 Å². The van der Waals surface area contributed by atoms with Gasteiger partial charge in [0.05, 0.1) is 4.90 Å². The summed E-state index contributed by atoms with van der Waals surface area (Å²) in [7, 11) is -2.05. The summed E-state index contributed by atoms with van der Waals surface area (Å²) in [6.07, 6.45) is 1.50. The van der Waals surface area contributed by atoms with Crippen molar-refractivity contribution in [2.24, 2.45) is 7.05 Å². The van der Waals surface area contributed by atoms with Gasteiger partial charge in [0, 0.05) is 35.2 Å². The van der Waals surface area contributed by atoms with E-state index in [2.05, 4.69) is 15.0 Å². The standard InChI is InChI=1S/C19H15FN4O3S2/c1-24-16-7-2-13(20)10-12(16)11-17(24)18(25)22-14-3-5-15(6-4-14)29(26,27)23-19-21-8-9-28-19/h2-11H,1H3,(H,21,23)(H,22,25). The number of nitrogens with one attached hydrogen (secondary N) is 2. The predicted octanol–water partition coefficient (Wildman–Crippen LogP) is 3.83. The van der Waals surface area contributed by atoms with Gasteiger partial charge in [-0.1, -0.05) is 0 Å². The molecule has 0 saturated heterocycles. The Hall–Kier alpha value is -3.24. The Morgan fingerprint density at radius 2 is 1.90 bits per heavy atom. The number of rotatable bonds is 5. The number of benzene rings is 2. The van der Waals surface area contributed by atoms with E-state index in [-0.39, 0.29) is 21.8 Å². The zero-order valence-electron chi connectivity index (χ0n) is 15.1. The summed E-state index contributed by atoms with van der Waals surface area (Å²) in [5.41, 5.74) is 1.51. The summed E-state index contributed by atoms with van der Waals surface area (Å²) in [5, 5.41) is 5.28. The second kappa shape index (κ2) is 7.30. The molecule has 0 bridgehead atoms. The molecule has 0 aliphatic heterocycles. The molecule has 2 aromatic heterocycles. The molecule has 0 saturated carbocycles. The van der Waals surface area contributed by atoms with Gasteiger partial charge in [0.25, 0.3) is 15.9 Å². The third kappa shape index (κ3) is 3.84. The Labute approximate surface area is 169 Å². The molecule has 2 N–H and O–H groups in total. The molecular formula is C19H15FN4O3S2. The molecule has 0 fully saturated rings. The molecule has 2 aromatic carbocycles. The monoisotopic (exact) mass is 430 g/mol. The van der Waals surface area contributed by atoms with Crippen LogP contribution >= 0.6 is 11.3 Å². The molecule has 0 spiro atoms. The fourth-order valence-corrected chi connectivity index (χ4v) is 4.69. The molecule has 1 amide bonds. The summed E-state index contributed by atoms with van der Waals surface area (Å²) >= 11 is 1.17. The van der Waals surface area contributed by atoms with E-state index in [0.717, 1.165) is 5.52 Å². The minimum atomic E-state index is -3.76. The number of thiazole rings is 1. The molecule has 7 nitrogen and oxygen atoms in total. The molecule has 0 aliphatic rings. The number of hydrogen-bond donors (Lipinski definition) is 2. The molecule has 0 atom stereocenters. The van der Waals surface area contributed by atoms with Crippen LogP contribution in [-0.4, -0.2) is 23.9 Å². The predicted molar refractivity (Wildman–Crippen MR) is 110 cm³/mol. The molecule has 0 radical (unpaired) electrons. The van der Waals surface area contributed by atoms with Crippen LogP contribution in [0.3, 0.4) is 0 Å². The van der Waals surface area contributed by atoms with Crippen molar-refractivity contribution in [1.82, 2.24) is 9.55 Å². The van der Waals surface area contributed by atoms with Crippen LogP contribution in [0, 0.1) is 5.82 Å². The van der Waals surface area contributed by atoms with Crippen molar-refractivity contribution >= 4 is 49.0 Å². The van der Waals surface area contributed by atoms with E-state index >= 15 is 0 Å². The fraction of sp³-hybridized carbons (Fsp3) is 0.0526. The number of carbonyl (C=O) groups is 1. The maximum Gasteiger partial charge on any atom is 0.272 e. The van der Waals surface area contributed by atoms with Gasteiger partial charge in [-0.15, -0.1) is 11.3 Å². The van der Waals surface area contributed by atoms with Crippen molar-refractivity contribution in [3.05, 3.63) is 71.6 Å². The van der Waals surface area contributed by atoms with E-state index in [1.165, 1.54) is 53.9 Å². The number of aryl methyl sites for hydroxylation is 1. The van der Waals surface area contributed by atoms with Crippen molar-refractivity contribution < 1.29 is 17.6 Å². The number of amides is 1. The molecule has 0 unspecified atom stereocenters. The lowest BCUT2D eigenvalue weighted by Gasteiger charge is -2.08. The van der Waals surface area contributed by atoms with Gasteiger partial charge in [0.2, 0.25) is 0 Å². The van der Waals surface area contributed by atoms with E-state index in [4.69, 9.17) is 0 Å². The third-order valence-electron chi connectivity index (χ3n) is 4.31. The van der Waals surface area contributed by atoms with Crippen molar-refractivity contribution in [3.8, 4) is 0 Å². The number of hydrogen-bond acceptors (Lipinski definition) is 5. The summed E-state index contributed by atoms with van der Waals surface area (Å²) in [6, 6.07) is 11.7. The Bertz CT molecular complexity index is 1300. The van der Waals surface area contributed by atoms with Gasteiger partial charge in [-0.25, -0.2) is 17.8 Å². The number of halogens is 1. The highest BCUT2D eigenvalue weighted by atomic mass is 32.2. The molecule has 29 heavy (non-hydrogen) atoms. The van der Waals surface area contributed by atoms with Gasteiger partial charge >= 0.3 is 0 Å². The van der Waals surface area contributed by atoms with E-state index < -0.39 is 10.0 Å². The zero-order valence-corrected chi connectivity index (χ0v) is 16.7. The lowest BCUT2D eigenvalue weighted by molar-refractivity contribution is 0.101. The number of carbonyl (C=O) groups excluding carboxylic acids is 1. The first-order valence-electron chi connectivity index (χ1n) is 8.42. The second-order valence-electron chi connectivity index (χ2n) is 6.21. The van der Waals surface area contributed by atoms with Crippen LogP contribution in [0.25, 0.3) is 10.9 Å². The Balaban J connectivity index is 1.53. The quantitative estimate of drug-likeness (QED) is 0.503. The average molecular weight is 430 g/mol. The number of aromatic nitrogens is 2. The second-order valence-corrected chi connectivity index (χ2v) is 8.79. The highest BCUT2D eigenvalue weighted by molar-refractivity contribution is 7.93. The van der Waals surface area contributed by atoms with Crippen LogP contribution < -0.4 is 10.0 Å². The molecule has 4 aromatic rings. The molecule has 4 rings (SSSR count). The van der Waals surface area contributed by atoms with E-state index in [9.17, 15) is 17.6 Å². The highest BCUT2D eigenvalue weighted by Gasteiger charge is 2.17. The van der Waals surface area contributed by atoms with E-state index in [0.29, 0.717) is 16.8 Å². The van der Waals surface area contributed by atoms with E-state index in [1.807, 2.05) is 0 Å². The lowest BCUT2D eigenvalue weighted by Crippen LogP contribution is -2.16. The smallest absolute Gasteiger partial charge is 0.272 e. The largest absolute Gasteiger partial charge is 0.340 e. The van der Waals surface area contributed by atoms with Gasteiger partial charge in [-0.05, 0) is 48.5 Å². The Morgan fingerprint density at radius 1 is 1.14 bits per heavy atom. The first-order valence-corrected chi connectivity index (χ1v) is 10.8. The summed E-state index contributed by atoms with van der Waals surface area (Å²) < 4.78 is 42.2. The maximum absolute atomic E-state index is 13.4. The first-order chi connectivity index (χ1) is 13.8. The minimum Gasteiger partial charge on any atom is -0.340 e. The maximum atomic E-state index is 13.4. The van der Waals surface area contributed by atoms with Crippen molar-refractivity contribution in [1.29, 1.82) is 0 Å². The summed E-state index contributed by atoms with van der Waals surface area (Å²) in [4.78, 5) is 16.6. The van der Waals surface area contributed by atoms with Gasteiger partial charge in [0.1, 0.15) is 11.5 Å². The Morgan fingerprint density at radius 3 is 2.59 bits per heavy atom. The third-order valence-corrected chi connectivity index (χ3v) is 6.49. The van der Waals surface area contributed by atoms with Crippen LogP contribution in [-0.2, 0) is 17.1 Å². The van der Waals surface area contributed by atoms with Crippen molar-refractivity contribution in [2.45, 2.75) is 4.90 Å². The summed E-state index contributed by atoms with van der Waals surface area (Å²) in [5.74, 6) is -0.765. The van der Waals surface area contributed by atoms with Gasteiger partial charge < -0.3 is 9.88 Å². The molecule has 2 heterocycles. The molecule has 148 valence electrons. The van der Waals surface area contributed by atoms with Crippen LogP contribution in [0.2, 0.25) is 0 Å². The van der Waals surface area contributed by atoms with Crippen molar-refractivity contribution in [2.75, 3.05) is 10.0 Å².